The minimum Gasteiger partial charge on any atom is -0.336 e. The Balaban J connectivity index is 1.82. The number of nitrogens with zero attached hydrogens (tertiary/aromatic N) is 4. The van der Waals surface area contributed by atoms with Gasteiger partial charge in [-0.25, -0.2) is 4.79 Å². The molecule has 3 aromatic carbocycles. The lowest BCUT2D eigenvalue weighted by atomic mass is 10.1. The summed E-state index contributed by atoms with van der Waals surface area (Å²) in [5, 5.41) is 4.09. The molecule has 0 aliphatic heterocycles. The quantitative estimate of drug-likeness (QED) is 0.394. The van der Waals surface area contributed by atoms with Crippen LogP contribution in [0.1, 0.15) is 32.7 Å². The van der Waals surface area contributed by atoms with Crippen molar-refractivity contribution in [3.05, 3.63) is 128 Å². The van der Waals surface area contributed by atoms with Crippen LogP contribution in [0.2, 0.25) is 0 Å². The Morgan fingerprint density at radius 3 is 2.22 bits per heavy atom. The SMILES string of the molecule is Cc1ccc(-n2nc(C(=O)N(C)Cc3ccccc3)c(=O)n(Cc3cccc(C(F)(F)F)c3)c2=O)cc1. The zero-order valence-electron chi connectivity index (χ0n) is 20.1. The molecule has 1 amide bonds. The molecule has 0 saturated heterocycles. The standard InChI is InChI=1S/C27H23F3N4O3/c1-18-11-13-22(14-12-18)34-26(37)33(17-20-9-6-10-21(15-20)27(28,29)30)25(36)23(31-34)24(35)32(2)16-19-7-4-3-5-8-19/h3-15H,16-17H2,1-2H3. The van der Waals surface area contributed by atoms with Crippen molar-refractivity contribution in [3.8, 4) is 5.69 Å². The zero-order valence-corrected chi connectivity index (χ0v) is 20.1. The van der Waals surface area contributed by atoms with E-state index in [1.165, 1.54) is 24.1 Å². The van der Waals surface area contributed by atoms with E-state index in [2.05, 4.69) is 5.10 Å². The first kappa shape index (κ1) is 25.6. The maximum Gasteiger partial charge on any atom is 0.416 e. The van der Waals surface area contributed by atoms with Crippen LogP contribution in [0, 0.1) is 6.92 Å². The highest BCUT2D eigenvalue weighted by atomic mass is 19.4. The fraction of sp³-hybridized carbons (Fsp3) is 0.185. The summed E-state index contributed by atoms with van der Waals surface area (Å²) >= 11 is 0. The van der Waals surface area contributed by atoms with Gasteiger partial charge in [0.2, 0.25) is 5.69 Å². The van der Waals surface area contributed by atoms with E-state index >= 15 is 0 Å². The van der Waals surface area contributed by atoms with E-state index in [9.17, 15) is 27.6 Å². The monoisotopic (exact) mass is 508 g/mol. The fourth-order valence-electron chi connectivity index (χ4n) is 3.78. The number of aromatic nitrogens is 3. The lowest BCUT2D eigenvalue weighted by molar-refractivity contribution is -0.137. The molecular weight excluding hydrogens is 485 g/mol. The summed E-state index contributed by atoms with van der Waals surface area (Å²) in [5.41, 5.74) is -1.21. The van der Waals surface area contributed by atoms with E-state index in [-0.39, 0.29) is 12.1 Å². The molecule has 0 radical (unpaired) electrons. The second-order valence-electron chi connectivity index (χ2n) is 8.61. The predicted molar refractivity (Wildman–Crippen MR) is 132 cm³/mol. The fourth-order valence-corrected chi connectivity index (χ4v) is 3.78. The molecule has 10 heteroatoms. The lowest BCUT2D eigenvalue weighted by Gasteiger charge is -2.18. The van der Waals surface area contributed by atoms with E-state index in [1.807, 2.05) is 37.3 Å². The number of carbonyl (C=O) groups is 1. The van der Waals surface area contributed by atoms with Crippen molar-refractivity contribution >= 4 is 5.91 Å². The molecule has 0 aliphatic rings. The molecule has 1 heterocycles. The Labute approximate surface area is 210 Å². The smallest absolute Gasteiger partial charge is 0.336 e. The Hall–Kier alpha value is -4.47. The van der Waals surface area contributed by atoms with E-state index in [0.29, 0.717) is 5.69 Å². The predicted octanol–water partition coefficient (Wildman–Crippen LogP) is 4.04. The first-order valence-corrected chi connectivity index (χ1v) is 11.3. The molecule has 4 rings (SSSR count). The molecule has 37 heavy (non-hydrogen) atoms. The molecule has 0 fully saturated rings. The Kier molecular flexibility index (Phi) is 7.10. The van der Waals surface area contributed by atoms with Crippen molar-refractivity contribution in [2.45, 2.75) is 26.2 Å². The highest BCUT2D eigenvalue weighted by Crippen LogP contribution is 2.29. The Morgan fingerprint density at radius 2 is 1.57 bits per heavy atom. The first-order valence-electron chi connectivity index (χ1n) is 11.3. The average Bonchev–Trinajstić information content (AvgIpc) is 2.87. The van der Waals surface area contributed by atoms with E-state index in [1.54, 1.807) is 24.3 Å². The highest BCUT2D eigenvalue weighted by Gasteiger charge is 2.30. The largest absolute Gasteiger partial charge is 0.416 e. The number of hydrogen-bond acceptors (Lipinski definition) is 4. The molecule has 0 atom stereocenters. The van der Waals surface area contributed by atoms with E-state index in [0.717, 1.165) is 32.5 Å². The van der Waals surface area contributed by atoms with Crippen LogP contribution in [0.25, 0.3) is 5.69 Å². The first-order chi connectivity index (χ1) is 17.5. The van der Waals surface area contributed by atoms with Crippen molar-refractivity contribution < 1.29 is 18.0 Å². The Bertz CT molecular complexity index is 1540. The van der Waals surface area contributed by atoms with Gasteiger partial charge in [0.1, 0.15) is 0 Å². The summed E-state index contributed by atoms with van der Waals surface area (Å²) in [4.78, 5) is 41.2. The van der Waals surface area contributed by atoms with Crippen molar-refractivity contribution in [2.75, 3.05) is 7.05 Å². The molecule has 0 N–H and O–H groups in total. The molecule has 0 unspecified atom stereocenters. The van der Waals surface area contributed by atoms with Crippen LogP contribution in [0.4, 0.5) is 13.2 Å². The maximum absolute atomic E-state index is 13.3. The number of amides is 1. The summed E-state index contributed by atoms with van der Waals surface area (Å²) in [6.45, 7) is 1.55. The summed E-state index contributed by atoms with van der Waals surface area (Å²) in [5.74, 6) is -0.729. The normalized spacial score (nSPS) is 11.4. The summed E-state index contributed by atoms with van der Waals surface area (Å²) in [6, 6.07) is 20.1. The van der Waals surface area contributed by atoms with Crippen LogP contribution in [0.15, 0.2) is 88.5 Å². The van der Waals surface area contributed by atoms with Crippen LogP contribution >= 0.6 is 0 Å². The number of carbonyl (C=O) groups excluding carboxylic acids is 1. The van der Waals surface area contributed by atoms with Crippen LogP contribution in [-0.4, -0.2) is 32.2 Å². The molecule has 1 aromatic heterocycles. The third kappa shape index (κ3) is 5.69. The Morgan fingerprint density at radius 1 is 0.919 bits per heavy atom. The van der Waals surface area contributed by atoms with E-state index in [4.69, 9.17) is 0 Å². The van der Waals surface area contributed by atoms with Gasteiger partial charge >= 0.3 is 11.9 Å². The molecule has 0 spiro atoms. The van der Waals surface area contributed by atoms with E-state index < -0.39 is 41.1 Å². The number of benzene rings is 3. The van der Waals surface area contributed by atoms with Gasteiger partial charge in [0.05, 0.1) is 17.8 Å². The summed E-state index contributed by atoms with van der Waals surface area (Å²) in [7, 11) is 1.49. The number of halogens is 3. The average molecular weight is 509 g/mol. The van der Waals surface area contributed by atoms with Gasteiger partial charge in [0, 0.05) is 13.6 Å². The molecule has 7 nitrogen and oxygen atoms in total. The highest BCUT2D eigenvalue weighted by molar-refractivity contribution is 5.91. The molecule has 0 aliphatic carbocycles. The zero-order chi connectivity index (χ0) is 26.7. The number of alkyl halides is 3. The number of rotatable bonds is 6. The van der Waals surface area contributed by atoms with Crippen molar-refractivity contribution in [1.29, 1.82) is 0 Å². The molecule has 0 bridgehead atoms. The van der Waals surface area contributed by atoms with Crippen LogP contribution in [0.3, 0.4) is 0 Å². The second-order valence-corrected chi connectivity index (χ2v) is 8.61. The third-order valence-electron chi connectivity index (χ3n) is 5.75. The minimum atomic E-state index is -4.59. The van der Waals surface area contributed by atoms with Crippen LogP contribution in [0.5, 0.6) is 0 Å². The summed E-state index contributed by atoms with van der Waals surface area (Å²) in [6.07, 6.45) is -4.59. The van der Waals surface area contributed by atoms with Gasteiger partial charge in [-0.2, -0.15) is 23.0 Å². The molecule has 190 valence electrons. The van der Waals surface area contributed by atoms with Gasteiger partial charge in [-0.15, -0.1) is 0 Å². The van der Waals surface area contributed by atoms with Gasteiger partial charge < -0.3 is 4.90 Å². The van der Waals surface area contributed by atoms with Crippen molar-refractivity contribution in [2.24, 2.45) is 0 Å². The van der Waals surface area contributed by atoms with Crippen molar-refractivity contribution in [1.82, 2.24) is 19.2 Å². The van der Waals surface area contributed by atoms with Gasteiger partial charge in [0.15, 0.2) is 0 Å². The number of aryl methyl sites for hydroxylation is 1. The number of hydrogen-bond donors (Lipinski definition) is 0. The maximum atomic E-state index is 13.3. The van der Waals surface area contributed by atoms with Gasteiger partial charge in [-0.05, 0) is 42.3 Å². The van der Waals surface area contributed by atoms with Crippen molar-refractivity contribution in [3.63, 3.8) is 0 Å². The molecule has 0 saturated carbocycles. The van der Waals surface area contributed by atoms with Crippen LogP contribution < -0.4 is 11.2 Å². The lowest BCUT2D eigenvalue weighted by Crippen LogP contribution is -2.46. The second kappa shape index (κ2) is 10.3. The molecule has 4 aromatic rings. The summed E-state index contributed by atoms with van der Waals surface area (Å²) < 4.78 is 41.3. The third-order valence-corrected chi connectivity index (χ3v) is 5.75. The topological polar surface area (TPSA) is 77.2 Å². The molecular formula is C27H23F3N4O3. The van der Waals surface area contributed by atoms with Crippen LogP contribution in [-0.2, 0) is 19.3 Å². The minimum absolute atomic E-state index is 0.0757. The van der Waals surface area contributed by atoms with Gasteiger partial charge in [-0.1, -0.05) is 60.2 Å². The van der Waals surface area contributed by atoms with Gasteiger partial charge in [-0.3, -0.25) is 14.2 Å². The van der Waals surface area contributed by atoms with Gasteiger partial charge in [0.25, 0.3) is 11.5 Å².